The lowest BCUT2D eigenvalue weighted by atomic mass is 10.2. The lowest BCUT2D eigenvalue weighted by molar-refractivity contribution is 0.104. The lowest BCUT2D eigenvalue weighted by Gasteiger charge is -2.27. The zero-order valence-electron chi connectivity index (χ0n) is 11.4. The first-order valence-corrected chi connectivity index (χ1v) is 7.47. The van der Waals surface area contributed by atoms with E-state index in [1.807, 2.05) is 11.8 Å². The van der Waals surface area contributed by atoms with Gasteiger partial charge in [-0.3, -0.25) is 0 Å². The predicted molar refractivity (Wildman–Crippen MR) is 74.2 cm³/mol. The second-order valence-electron chi connectivity index (χ2n) is 4.79. The van der Waals surface area contributed by atoms with Gasteiger partial charge in [0.15, 0.2) is 0 Å². The first-order chi connectivity index (χ1) is 7.47. The molecule has 0 saturated heterocycles. The van der Waals surface area contributed by atoms with Crippen LogP contribution in [0.2, 0.25) is 0 Å². The Bertz CT molecular complexity index is 167. The van der Waals surface area contributed by atoms with Crippen LogP contribution in [0.1, 0.15) is 27.2 Å². The van der Waals surface area contributed by atoms with Crippen molar-refractivity contribution in [1.29, 1.82) is 0 Å². The molecule has 0 fully saturated rings. The molecule has 2 N–H and O–H groups in total. The molecular formula is C12H28N2OS. The van der Waals surface area contributed by atoms with Crippen LogP contribution in [-0.2, 0) is 0 Å². The summed E-state index contributed by atoms with van der Waals surface area (Å²) in [5, 5.41) is 13.1. The highest BCUT2D eigenvalue weighted by molar-refractivity contribution is 7.98. The highest BCUT2D eigenvalue weighted by Gasteiger charge is 2.13. The lowest BCUT2D eigenvalue weighted by Crippen LogP contribution is -2.41. The highest BCUT2D eigenvalue weighted by atomic mass is 32.2. The van der Waals surface area contributed by atoms with Crippen LogP contribution in [0.25, 0.3) is 0 Å². The van der Waals surface area contributed by atoms with Gasteiger partial charge in [0.05, 0.1) is 6.10 Å². The molecule has 0 saturated carbocycles. The standard InChI is InChI=1S/C12H28N2OS/c1-10(2)13-8-12(15)9-14(4)11(3)6-7-16-5/h10-13,15H,6-9H2,1-5H3. The summed E-state index contributed by atoms with van der Waals surface area (Å²) in [6, 6.07) is 0.982. The van der Waals surface area contributed by atoms with Gasteiger partial charge in [-0.1, -0.05) is 13.8 Å². The molecule has 16 heavy (non-hydrogen) atoms. The van der Waals surface area contributed by atoms with Crippen LogP contribution in [0.5, 0.6) is 0 Å². The molecule has 0 aliphatic heterocycles. The summed E-state index contributed by atoms with van der Waals surface area (Å²) >= 11 is 1.88. The van der Waals surface area contributed by atoms with Crippen LogP contribution in [-0.4, -0.2) is 60.3 Å². The molecule has 4 heteroatoms. The molecule has 0 heterocycles. The van der Waals surface area contributed by atoms with Crippen molar-refractivity contribution in [1.82, 2.24) is 10.2 Å². The molecule has 0 aliphatic carbocycles. The molecule has 0 bridgehead atoms. The van der Waals surface area contributed by atoms with Crippen molar-refractivity contribution in [2.24, 2.45) is 0 Å². The summed E-state index contributed by atoms with van der Waals surface area (Å²) in [5.41, 5.74) is 0. The van der Waals surface area contributed by atoms with Gasteiger partial charge in [0.25, 0.3) is 0 Å². The Kier molecular flexibility index (Phi) is 9.41. The Labute approximate surface area is 105 Å². The zero-order valence-corrected chi connectivity index (χ0v) is 12.2. The minimum Gasteiger partial charge on any atom is -0.390 e. The predicted octanol–water partition coefficient (Wildman–Crippen LogP) is 1.42. The third-order valence-electron chi connectivity index (χ3n) is 2.75. The fourth-order valence-corrected chi connectivity index (χ4v) is 2.03. The molecule has 0 aromatic carbocycles. The summed E-state index contributed by atoms with van der Waals surface area (Å²) < 4.78 is 0. The van der Waals surface area contributed by atoms with E-state index in [1.165, 1.54) is 12.2 Å². The minimum absolute atomic E-state index is 0.274. The second kappa shape index (κ2) is 9.28. The molecule has 98 valence electrons. The van der Waals surface area contributed by atoms with Crippen molar-refractivity contribution in [2.45, 2.75) is 45.4 Å². The average Bonchev–Trinajstić information content (AvgIpc) is 2.22. The Balaban J connectivity index is 3.71. The molecule has 0 radical (unpaired) electrons. The van der Waals surface area contributed by atoms with Gasteiger partial charge in [-0.15, -0.1) is 0 Å². The number of nitrogens with one attached hydrogen (secondary N) is 1. The van der Waals surface area contributed by atoms with E-state index in [0.717, 1.165) is 6.54 Å². The van der Waals surface area contributed by atoms with E-state index in [4.69, 9.17) is 0 Å². The number of aliphatic hydroxyl groups excluding tert-OH is 1. The molecule has 0 rings (SSSR count). The summed E-state index contributed by atoms with van der Waals surface area (Å²) in [6.07, 6.45) is 3.04. The van der Waals surface area contributed by atoms with Gasteiger partial charge < -0.3 is 15.3 Å². The van der Waals surface area contributed by atoms with Gasteiger partial charge >= 0.3 is 0 Å². The monoisotopic (exact) mass is 248 g/mol. The van der Waals surface area contributed by atoms with Crippen molar-refractivity contribution >= 4 is 11.8 Å². The van der Waals surface area contributed by atoms with E-state index in [1.54, 1.807) is 0 Å². The van der Waals surface area contributed by atoms with E-state index in [0.29, 0.717) is 18.6 Å². The van der Waals surface area contributed by atoms with Crippen LogP contribution in [0, 0.1) is 0 Å². The largest absolute Gasteiger partial charge is 0.390 e. The number of hydrogen-bond acceptors (Lipinski definition) is 4. The maximum atomic E-state index is 9.83. The zero-order chi connectivity index (χ0) is 12.6. The summed E-state index contributed by atoms with van der Waals surface area (Å²) in [4.78, 5) is 2.24. The number of nitrogens with zero attached hydrogens (tertiary/aromatic N) is 1. The van der Waals surface area contributed by atoms with Crippen LogP contribution < -0.4 is 5.32 Å². The topological polar surface area (TPSA) is 35.5 Å². The number of rotatable bonds is 9. The summed E-state index contributed by atoms with van der Waals surface area (Å²) in [5.74, 6) is 1.19. The smallest absolute Gasteiger partial charge is 0.0791 e. The first kappa shape index (κ1) is 16.2. The third kappa shape index (κ3) is 8.39. The molecule has 0 aromatic rings. The van der Waals surface area contributed by atoms with Crippen molar-refractivity contribution in [3.05, 3.63) is 0 Å². The Hall–Kier alpha value is 0.230. The molecule has 0 aromatic heterocycles. The van der Waals surface area contributed by atoms with Gasteiger partial charge in [-0.05, 0) is 32.4 Å². The Morgan fingerprint density at radius 1 is 1.31 bits per heavy atom. The van der Waals surface area contributed by atoms with Gasteiger partial charge in [-0.25, -0.2) is 0 Å². The van der Waals surface area contributed by atoms with Crippen LogP contribution >= 0.6 is 11.8 Å². The van der Waals surface area contributed by atoms with Crippen molar-refractivity contribution in [3.8, 4) is 0 Å². The fourth-order valence-electron chi connectivity index (χ4n) is 1.46. The quantitative estimate of drug-likeness (QED) is 0.647. The minimum atomic E-state index is -0.274. The van der Waals surface area contributed by atoms with E-state index in [-0.39, 0.29) is 6.10 Å². The van der Waals surface area contributed by atoms with E-state index < -0.39 is 0 Å². The van der Waals surface area contributed by atoms with Gasteiger partial charge in [0.2, 0.25) is 0 Å². The van der Waals surface area contributed by atoms with Crippen LogP contribution in [0.4, 0.5) is 0 Å². The number of thioether (sulfide) groups is 1. The van der Waals surface area contributed by atoms with Gasteiger partial charge in [0.1, 0.15) is 0 Å². The van der Waals surface area contributed by atoms with Gasteiger partial charge in [-0.2, -0.15) is 11.8 Å². The molecule has 2 unspecified atom stereocenters. The number of hydrogen-bond donors (Lipinski definition) is 2. The normalized spacial score (nSPS) is 15.8. The summed E-state index contributed by atoms with van der Waals surface area (Å²) in [7, 11) is 2.09. The maximum Gasteiger partial charge on any atom is 0.0791 e. The van der Waals surface area contributed by atoms with Crippen LogP contribution in [0.15, 0.2) is 0 Å². The van der Waals surface area contributed by atoms with Crippen molar-refractivity contribution in [2.75, 3.05) is 32.1 Å². The van der Waals surface area contributed by atoms with E-state index in [2.05, 4.69) is 44.3 Å². The second-order valence-corrected chi connectivity index (χ2v) is 5.77. The molecular weight excluding hydrogens is 220 g/mol. The van der Waals surface area contributed by atoms with Crippen molar-refractivity contribution in [3.63, 3.8) is 0 Å². The Morgan fingerprint density at radius 3 is 2.44 bits per heavy atom. The maximum absolute atomic E-state index is 9.83. The highest BCUT2D eigenvalue weighted by Crippen LogP contribution is 2.06. The first-order valence-electron chi connectivity index (χ1n) is 6.08. The van der Waals surface area contributed by atoms with E-state index in [9.17, 15) is 5.11 Å². The third-order valence-corrected chi connectivity index (χ3v) is 3.40. The fraction of sp³-hybridized carbons (Fsp3) is 1.00. The molecule has 3 nitrogen and oxygen atoms in total. The molecule has 0 amide bonds. The number of aliphatic hydroxyl groups is 1. The van der Waals surface area contributed by atoms with Crippen molar-refractivity contribution < 1.29 is 5.11 Å². The van der Waals surface area contributed by atoms with E-state index >= 15 is 0 Å². The summed E-state index contributed by atoms with van der Waals surface area (Å²) in [6.45, 7) is 7.83. The van der Waals surface area contributed by atoms with Crippen LogP contribution in [0.3, 0.4) is 0 Å². The number of likely N-dealkylation sites (N-methyl/N-ethyl adjacent to an activating group) is 1. The molecule has 2 atom stereocenters. The Morgan fingerprint density at radius 2 is 1.94 bits per heavy atom. The SMILES string of the molecule is CSCCC(C)N(C)CC(O)CNC(C)C. The van der Waals surface area contributed by atoms with Gasteiger partial charge in [0, 0.05) is 25.2 Å². The molecule has 0 spiro atoms. The molecule has 0 aliphatic rings. The average molecular weight is 248 g/mol.